The van der Waals surface area contributed by atoms with Gasteiger partial charge in [0.05, 0.1) is 7.11 Å². The number of hydrogen-bond acceptors (Lipinski definition) is 6. The molecule has 90 valence electrons. The van der Waals surface area contributed by atoms with Crippen molar-refractivity contribution in [3.05, 3.63) is 35.7 Å². The summed E-state index contributed by atoms with van der Waals surface area (Å²) in [6.45, 7) is 0. The zero-order valence-electron chi connectivity index (χ0n) is 9.41. The number of carbonyl (C=O) groups excluding carboxylic acids is 1. The Kier molecular flexibility index (Phi) is 2.56. The van der Waals surface area contributed by atoms with E-state index in [0.29, 0.717) is 11.3 Å². The molecule has 3 rings (SSSR count). The maximum atomic E-state index is 11.3. The van der Waals surface area contributed by atoms with Gasteiger partial charge >= 0.3 is 5.97 Å². The number of nitrogens with zero attached hydrogens (tertiary/aromatic N) is 2. The van der Waals surface area contributed by atoms with Gasteiger partial charge in [0.2, 0.25) is 0 Å². The fraction of sp³-hybridized carbons (Fsp3) is 0.0833. The monoisotopic (exact) mass is 260 g/mol. The highest BCUT2D eigenvalue weighted by molar-refractivity contribution is 7.13. The Morgan fingerprint density at radius 2 is 2.33 bits per heavy atom. The third-order valence-corrected chi connectivity index (χ3v) is 3.37. The largest absolute Gasteiger partial charge is 0.464 e. The highest BCUT2D eigenvalue weighted by Crippen LogP contribution is 2.27. The van der Waals surface area contributed by atoms with Crippen molar-refractivity contribution < 1.29 is 13.9 Å². The number of carbonyl (C=O) groups is 1. The zero-order chi connectivity index (χ0) is 12.5. The predicted molar refractivity (Wildman–Crippen MR) is 66.5 cm³/mol. The highest BCUT2D eigenvalue weighted by Gasteiger charge is 2.12. The van der Waals surface area contributed by atoms with Crippen LogP contribution in [0.5, 0.6) is 0 Å². The second-order valence-corrected chi connectivity index (χ2v) is 4.42. The van der Waals surface area contributed by atoms with Crippen LogP contribution < -0.4 is 0 Å². The first-order valence-corrected chi connectivity index (χ1v) is 6.03. The van der Waals surface area contributed by atoms with E-state index >= 15 is 0 Å². The molecule has 0 unspecified atom stereocenters. The van der Waals surface area contributed by atoms with Crippen molar-refractivity contribution >= 4 is 28.4 Å². The number of hydrogen-bond donors (Lipinski definition) is 0. The van der Waals surface area contributed by atoms with Gasteiger partial charge in [0.25, 0.3) is 0 Å². The molecule has 6 heteroatoms. The Hall–Kier alpha value is -2.21. The summed E-state index contributed by atoms with van der Waals surface area (Å²) in [6, 6.07) is 5.60. The molecule has 0 amide bonds. The summed E-state index contributed by atoms with van der Waals surface area (Å²) in [7, 11) is 1.34. The first-order chi connectivity index (χ1) is 8.78. The van der Waals surface area contributed by atoms with Gasteiger partial charge in [-0.1, -0.05) is 0 Å². The van der Waals surface area contributed by atoms with Crippen LogP contribution in [0.2, 0.25) is 0 Å². The SMILES string of the molecule is COC(=O)c1csc(-c2ccc3ncoc3c2)n1. The Balaban J connectivity index is 2.03. The average molecular weight is 260 g/mol. The van der Waals surface area contributed by atoms with E-state index in [2.05, 4.69) is 14.7 Å². The van der Waals surface area contributed by atoms with Crippen molar-refractivity contribution in [2.75, 3.05) is 7.11 Å². The molecule has 0 spiro atoms. The first kappa shape index (κ1) is 10.9. The van der Waals surface area contributed by atoms with E-state index in [-0.39, 0.29) is 0 Å². The standard InChI is InChI=1S/C12H8N2O3S/c1-16-12(15)9-5-18-11(14-9)7-2-3-8-10(4-7)17-6-13-8/h2-6H,1H3. The summed E-state index contributed by atoms with van der Waals surface area (Å²) in [4.78, 5) is 19.6. The normalized spacial score (nSPS) is 10.7. The van der Waals surface area contributed by atoms with Crippen molar-refractivity contribution in [2.45, 2.75) is 0 Å². The molecule has 0 aliphatic rings. The van der Waals surface area contributed by atoms with Crippen molar-refractivity contribution in [1.29, 1.82) is 0 Å². The minimum Gasteiger partial charge on any atom is -0.464 e. The third kappa shape index (κ3) is 1.76. The van der Waals surface area contributed by atoms with Crippen molar-refractivity contribution in [1.82, 2.24) is 9.97 Å². The topological polar surface area (TPSA) is 65.2 Å². The molecule has 0 N–H and O–H groups in total. The van der Waals surface area contributed by atoms with Crippen molar-refractivity contribution in [2.24, 2.45) is 0 Å². The fourth-order valence-electron chi connectivity index (χ4n) is 1.59. The third-order valence-electron chi connectivity index (χ3n) is 2.48. The zero-order valence-corrected chi connectivity index (χ0v) is 10.2. The van der Waals surface area contributed by atoms with Gasteiger partial charge in [-0.2, -0.15) is 0 Å². The minimum atomic E-state index is -0.432. The summed E-state index contributed by atoms with van der Waals surface area (Å²) in [6.07, 6.45) is 1.40. The van der Waals surface area contributed by atoms with E-state index in [0.717, 1.165) is 16.1 Å². The number of oxazole rings is 1. The maximum absolute atomic E-state index is 11.3. The van der Waals surface area contributed by atoms with Gasteiger partial charge in [0, 0.05) is 10.9 Å². The molecule has 0 fully saturated rings. The molecule has 0 bridgehead atoms. The number of benzene rings is 1. The Morgan fingerprint density at radius 1 is 1.44 bits per heavy atom. The van der Waals surface area contributed by atoms with Gasteiger partial charge in [-0.25, -0.2) is 14.8 Å². The predicted octanol–water partition coefficient (Wildman–Crippen LogP) is 2.74. The molecule has 5 nitrogen and oxygen atoms in total. The van der Waals surface area contributed by atoms with Crippen LogP contribution in [-0.4, -0.2) is 23.0 Å². The number of thiazole rings is 1. The summed E-state index contributed by atoms with van der Waals surface area (Å²) in [5, 5.41) is 2.42. The maximum Gasteiger partial charge on any atom is 0.357 e. The van der Waals surface area contributed by atoms with Gasteiger partial charge in [-0.05, 0) is 18.2 Å². The van der Waals surface area contributed by atoms with Crippen molar-refractivity contribution in [3.63, 3.8) is 0 Å². The number of ether oxygens (including phenoxy) is 1. The van der Waals surface area contributed by atoms with Gasteiger partial charge in [-0.15, -0.1) is 11.3 Å². The lowest BCUT2D eigenvalue weighted by atomic mass is 10.2. The van der Waals surface area contributed by atoms with Gasteiger partial charge in [0.1, 0.15) is 10.5 Å². The van der Waals surface area contributed by atoms with Gasteiger partial charge < -0.3 is 9.15 Å². The fourth-order valence-corrected chi connectivity index (χ4v) is 2.38. The van der Waals surface area contributed by atoms with E-state index in [4.69, 9.17) is 4.42 Å². The molecule has 0 saturated carbocycles. The Labute approximate surface area is 106 Å². The minimum absolute atomic E-state index is 0.315. The van der Waals surface area contributed by atoms with Gasteiger partial charge in [0.15, 0.2) is 17.7 Å². The summed E-state index contributed by atoms with van der Waals surface area (Å²) >= 11 is 1.38. The molecule has 0 atom stereocenters. The summed E-state index contributed by atoms with van der Waals surface area (Å²) in [5.41, 5.74) is 2.69. The lowest BCUT2D eigenvalue weighted by Crippen LogP contribution is -2.00. The van der Waals surface area contributed by atoms with E-state index in [9.17, 15) is 4.79 Å². The van der Waals surface area contributed by atoms with Crippen LogP contribution in [0.25, 0.3) is 21.7 Å². The molecular formula is C12H8N2O3S. The lowest BCUT2D eigenvalue weighted by molar-refractivity contribution is 0.0595. The first-order valence-electron chi connectivity index (χ1n) is 5.15. The number of aromatic nitrogens is 2. The van der Waals surface area contributed by atoms with Gasteiger partial charge in [-0.3, -0.25) is 0 Å². The van der Waals surface area contributed by atoms with Crippen molar-refractivity contribution in [3.8, 4) is 10.6 Å². The summed E-state index contributed by atoms with van der Waals surface area (Å²) < 4.78 is 9.85. The molecular weight excluding hydrogens is 252 g/mol. The van der Waals surface area contributed by atoms with Crippen LogP contribution in [0.15, 0.2) is 34.4 Å². The van der Waals surface area contributed by atoms with Crippen LogP contribution in [0, 0.1) is 0 Å². The van der Waals surface area contributed by atoms with E-state index in [1.165, 1.54) is 24.8 Å². The molecule has 0 radical (unpaired) electrons. The lowest BCUT2D eigenvalue weighted by Gasteiger charge is -1.95. The summed E-state index contributed by atoms with van der Waals surface area (Å²) in [5.74, 6) is -0.432. The molecule has 2 heterocycles. The number of methoxy groups -OCH3 is 1. The van der Waals surface area contributed by atoms with E-state index in [1.807, 2.05) is 18.2 Å². The molecule has 18 heavy (non-hydrogen) atoms. The number of rotatable bonds is 2. The Bertz CT molecular complexity index is 717. The van der Waals surface area contributed by atoms with E-state index in [1.54, 1.807) is 5.38 Å². The smallest absolute Gasteiger partial charge is 0.357 e. The van der Waals surface area contributed by atoms with Crippen LogP contribution in [0.1, 0.15) is 10.5 Å². The molecule has 2 aromatic heterocycles. The highest BCUT2D eigenvalue weighted by atomic mass is 32.1. The quantitative estimate of drug-likeness (QED) is 0.663. The molecule has 0 saturated heterocycles. The molecule has 0 aliphatic carbocycles. The van der Waals surface area contributed by atoms with Crippen LogP contribution >= 0.6 is 11.3 Å². The van der Waals surface area contributed by atoms with Crippen LogP contribution in [0.4, 0.5) is 0 Å². The second-order valence-electron chi connectivity index (χ2n) is 3.56. The van der Waals surface area contributed by atoms with Crippen LogP contribution in [0.3, 0.4) is 0 Å². The molecule has 3 aromatic rings. The second kappa shape index (κ2) is 4.23. The Morgan fingerprint density at radius 3 is 3.17 bits per heavy atom. The van der Waals surface area contributed by atoms with E-state index < -0.39 is 5.97 Å². The van der Waals surface area contributed by atoms with Crippen LogP contribution in [-0.2, 0) is 4.74 Å². The number of esters is 1. The molecule has 1 aromatic carbocycles. The number of fused-ring (bicyclic) bond motifs is 1. The molecule has 0 aliphatic heterocycles. The average Bonchev–Trinajstić information content (AvgIpc) is 3.05.